The summed E-state index contributed by atoms with van der Waals surface area (Å²) in [6.45, 7) is 0.607. The van der Waals surface area contributed by atoms with Crippen LogP contribution in [0.4, 0.5) is 0 Å². The Morgan fingerprint density at radius 2 is 1.67 bits per heavy atom. The van der Waals surface area contributed by atoms with E-state index >= 15 is 0 Å². The third-order valence-electron chi connectivity index (χ3n) is 5.18. The second-order valence-corrected chi connectivity index (χ2v) is 7.19. The minimum atomic E-state index is -0.0367. The van der Waals surface area contributed by atoms with E-state index < -0.39 is 0 Å². The Hall–Kier alpha value is -0.640. The Morgan fingerprint density at radius 3 is 2.11 bits per heavy atom. The van der Waals surface area contributed by atoms with Crippen LogP contribution in [0, 0.1) is 23.2 Å². The number of thiocarbonyl (C=S) groups is 1. The van der Waals surface area contributed by atoms with E-state index in [0.717, 1.165) is 37.0 Å². The zero-order valence-corrected chi connectivity index (χ0v) is 11.6. The predicted molar refractivity (Wildman–Crippen MR) is 75.0 cm³/mol. The van der Waals surface area contributed by atoms with Gasteiger partial charge in [0.25, 0.3) is 0 Å². The van der Waals surface area contributed by atoms with Gasteiger partial charge in [0.05, 0.1) is 4.99 Å². The first-order chi connectivity index (χ1) is 8.57. The van der Waals surface area contributed by atoms with Crippen LogP contribution in [-0.2, 0) is 4.79 Å². The molecule has 0 aromatic rings. The highest BCUT2D eigenvalue weighted by atomic mass is 32.1. The zero-order chi connectivity index (χ0) is 12.8. The second kappa shape index (κ2) is 4.48. The molecule has 0 atom stereocenters. The first kappa shape index (κ1) is 12.4. The SMILES string of the molecule is NC(=S)CCNC(=O)C12CC3CC(CC(C3)C1)C2. The molecule has 4 heteroatoms. The topological polar surface area (TPSA) is 55.1 Å². The van der Waals surface area contributed by atoms with Crippen LogP contribution < -0.4 is 11.1 Å². The molecule has 0 saturated heterocycles. The van der Waals surface area contributed by atoms with E-state index in [1.165, 1.54) is 19.3 Å². The molecule has 0 spiro atoms. The lowest BCUT2D eigenvalue weighted by Gasteiger charge is -2.55. The summed E-state index contributed by atoms with van der Waals surface area (Å²) in [7, 11) is 0. The average Bonchev–Trinajstić information content (AvgIpc) is 2.26. The standard InChI is InChI=1S/C14H22N2OS/c15-12(18)1-2-16-13(17)14-6-9-3-10(7-14)5-11(4-9)8-14/h9-11H,1-8H2,(H2,15,18)(H,16,17). The molecule has 4 bridgehead atoms. The quantitative estimate of drug-likeness (QED) is 0.765. The van der Waals surface area contributed by atoms with Crippen LogP contribution in [0.1, 0.15) is 44.9 Å². The van der Waals surface area contributed by atoms with Crippen molar-refractivity contribution in [2.24, 2.45) is 28.9 Å². The molecule has 0 aliphatic heterocycles. The summed E-state index contributed by atoms with van der Waals surface area (Å²) in [6.07, 6.45) is 8.11. The monoisotopic (exact) mass is 266 g/mol. The number of nitrogens with two attached hydrogens (primary N) is 1. The van der Waals surface area contributed by atoms with Gasteiger partial charge in [-0.05, 0) is 56.3 Å². The summed E-state index contributed by atoms with van der Waals surface area (Å²) < 4.78 is 0. The van der Waals surface area contributed by atoms with Gasteiger partial charge in [-0.1, -0.05) is 12.2 Å². The highest BCUT2D eigenvalue weighted by molar-refractivity contribution is 7.80. The maximum Gasteiger partial charge on any atom is 0.226 e. The summed E-state index contributed by atoms with van der Waals surface area (Å²) in [4.78, 5) is 13.0. The van der Waals surface area contributed by atoms with Gasteiger partial charge < -0.3 is 11.1 Å². The first-order valence-electron chi connectivity index (χ1n) is 7.14. The van der Waals surface area contributed by atoms with Crippen LogP contribution in [0.2, 0.25) is 0 Å². The maximum absolute atomic E-state index is 12.5. The molecule has 0 radical (unpaired) electrons. The van der Waals surface area contributed by atoms with Crippen LogP contribution in [0.25, 0.3) is 0 Å². The molecule has 100 valence electrons. The van der Waals surface area contributed by atoms with Crippen molar-refractivity contribution in [1.29, 1.82) is 0 Å². The number of nitrogens with one attached hydrogen (secondary N) is 1. The molecule has 3 nitrogen and oxygen atoms in total. The Morgan fingerprint density at radius 1 is 1.17 bits per heavy atom. The van der Waals surface area contributed by atoms with Gasteiger partial charge in [0.15, 0.2) is 0 Å². The number of rotatable bonds is 4. The Kier molecular flexibility index (Phi) is 3.08. The van der Waals surface area contributed by atoms with E-state index in [1.807, 2.05) is 0 Å². The van der Waals surface area contributed by atoms with E-state index in [0.29, 0.717) is 18.0 Å². The minimum absolute atomic E-state index is 0.0367. The van der Waals surface area contributed by atoms with E-state index in [4.69, 9.17) is 18.0 Å². The van der Waals surface area contributed by atoms with E-state index in [1.54, 1.807) is 0 Å². The number of carbonyl (C=O) groups excluding carboxylic acids is 1. The second-order valence-electron chi connectivity index (χ2n) is 6.67. The van der Waals surface area contributed by atoms with E-state index in [-0.39, 0.29) is 11.3 Å². The highest BCUT2D eigenvalue weighted by Crippen LogP contribution is 2.60. The van der Waals surface area contributed by atoms with Crippen LogP contribution in [0.3, 0.4) is 0 Å². The van der Waals surface area contributed by atoms with Gasteiger partial charge in [-0.2, -0.15) is 0 Å². The highest BCUT2D eigenvalue weighted by Gasteiger charge is 2.54. The first-order valence-corrected chi connectivity index (χ1v) is 7.55. The smallest absolute Gasteiger partial charge is 0.226 e. The Labute approximate surface area is 114 Å². The van der Waals surface area contributed by atoms with E-state index in [2.05, 4.69) is 5.32 Å². The average molecular weight is 266 g/mol. The van der Waals surface area contributed by atoms with Gasteiger partial charge in [-0.3, -0.25) is 4.79 Å². The van der Waals surface area contributed by atoms with Crippen molar-refractivity contribution < 1.29 is 4.79 Å². The fourth-order valence-corrected chi connectivity index (χ4v) is 4.98. The van der Waals surface area contributed by atoms with Gasteiger partial charge in [-0.25, -0.2) is 0 Å². The van der Waals surface area contributed by atoms with Crippen molar-refractivity contribution in [3.8, 4) is 0 Å². The van der Waals surface area contributed by atoms with Gasteiger partial charge in [0.2, 0.25) is 5.91 Å². The van der Waals surface area contributed by atoms with Crippen molar-refractivity contribution in [3.63, 3.8) is 0 Å². The lowest BCUT2D eigenvalue weighted by atomic mass is 9.49. The molecule has 0 heterocycles. The van der Waals surface area contributed by atoms with Crippen molar-refractivity contribution in [3.05, 3.63) is 0 Å². The third kappa shape index (κ3) is 2.15. The molecule has 3 N–H and O–H groups in total. The summed E-state index contributed by atoms with van der Waals surface area (Å²) in [5.74, 6) is 2.73. The number of carbonyl (C=O) groups is 1. The van der Waals surface area contributed by atoms with Crippen LogP contribution in [0.15, 0.2) is 0 Å². The van der Waals surface area contributed by atoms with Crippen molar-refractivity contribution >= 4 is 23.1 Å². The van der Waals surface area contributed by atoms with Crippen LogP contribution >= 0.6 is 12.2 Å². The molecular formula is C14H22N2OS. The van der Waals surface area contributed by atoms with Gasteiger partial charge in [0, 0.05) is 18.4 Å². The van der Waals surface area contributed by atoms with Crippen molar-refractivity contribution in [1.82, 2.24) is 5.32 Å². The number of amides is 1. The lowest BCUT2D eigenvalue weighted by molar-refractivity contribution is -0.146. The largest absolute Gasteiger partial charge is 0.393 e. The number of hydrogen-bond acceptors (Lipinski definition) is 2. The lowest BCUT2D eigenvalue weighted by Crippen LogP contribution is -2.53. The fraction of sp³-hybridized carbons (Fsp3) is 0.857. The predicted octanol–water partition coefficient (Wildman–Crippen LogP) is 2.00. The molecule has 4 aliphatic carbocycles. The fourth-order valence-electron chi connectivity index (χ4n) is 4.88. The molecular weight excluding hydrogens is 244 g/mol. The molecule has 1 amide bonds. The third-order valence-corrected chi connectivity index (χ3v) is 5.38. The summed E-state index contributed by atoms with van der Waals surface area (Å²) in [5.41, 5.74) is 5.43. The molecule has 4 saturated carbocycles. The van der Waals surface area contributed by atoms with E-state index in [9.17, 15) is 4.79 Å². The molecule has 0 unspecified atom stereocenters. The minimum Gasteiger partial charge on any atom is -0.393 e. The Bertz CT molecular complexity index is 345. The summed E-state index contributed by atoms with van der Waals surface area (Å²) in [6, 6.07) is 0. The Balaban J connectivity index is 1.64. The van der Waals surface area contributed by atoms with Crippen LogP contribution in [-0.4, -0.2) is 17.4 Å². The van der Waals surface area contributed by atoms with Gasteiger partial charge in [-0.15, -0.1) is 0 Å². The molecule has 0 aromatic heterocycles. The van der Waals surface area contributed by atoms with Gasteiger partial charge >= 0.3 is 0 Å². The van der Waals surface area contributed by atoms with Gasteiger partial charge in [0.1, 0.15) is 0 Å². The molecule has 0 aromatic carbocycles. The molecule has 4 rings (SSSR count). The summed E-state index contributed by atoms with van der Waals surface area (Å²) in [5, 5.41) is 3.06. The molecule has 18 heavy (non-hydrogen) atoms. The normalized spacial score (nSPS) is 40.8. The molecule has 4 aliphatic rings. The molecule has 4 fully saturated rings. The summed E-state index contributed by atoms with van der Waals surface area (Å²) >= 11 is 4.84. The maximum atomic E-state index is 12.5. The van der Waals surface area contributed by atoms with Crippen molar-refractivity contribution in [2.75, 3.05) is 6.54 Å². The van der Waals surface area contributed by atoms with Crippen molar-refractivity contribution in [2.45, 2.75) is 44.9 Å². The number of hydrogen-bond donors (Lipinski definition) is 2. The zero-order valence-electron chi connectivity index (χ0n) is 10.8. The van der Waals surface area contributed by atoms with Crippen LogP contribution in [0.5, 0.6) is 0 Å².